The lowest BCUT2D eigenvalue weighted by atomic mass is 10.1. The molecule has 0 aromatic heterocycles. The molecule has 2 atom stereocenters. The first-order chi connectivity index (χ1) is 12.1. The molecule has 2 aromatic rings. The summed E-state index contributed by atoms with van der Waals surface area (Å²) in [5, 5.41) is 5.82. The molecule has 0 bridgehead atoms. The van der Waals surface area contributed by atoms with Crippen LogP contribution in [0.15, 0.2) is 53.4 Å². The topological polar surface area (TPSA) is 41.1 Å². The zero-order chi connectivity index (χ0) is 17.6. The van der Waals surface area contributed by atoms with Gasteiger partial charge in [0, 0.05) is 17.5 Å². The zero-order valence-electron chi connectivity index (χ0n) is 14.1. The fraction of sp³-hybridized carbons (Fsp3) is 0.316. The van der Waals surface area contributed by atoms with Gasteiger partial charge in [-0.1, -0.05) is 30.3 Å². The first-order valence-corrected chi connectivity index (χ1v) is 9.19. The molecule has 3 rings (SSSR count). The molecule has 3 nitrogen and oxygen atoms in total. The number of amides is 1. The Morgan fingerprint density at radius 2 is 1.92 bits per heavy atom. The average molecular weight is 399 g/mol. The van der Waals surface area contributed by atoms with E-state index in [1.165, 1.54) is 17.8 Å². The maximum absolute atomic E-state index is 13.5. The molecule has 0 saturated carbocycles. The van der Waals surface area contributed by atoms with Crippen molar-refractivity contribution in [3.8, 4) is 0 Å². The first-order valence-electron chi connectivity index (χ1n) is 8.31. The molecular formula is C19H21ClF2N2OS. The molecule has 2 aromatic carbocycles. The van der Waals surface area contributed by atoms with Gasteiger partial charge in [-0.05, 0) is 43.1 Å². The molecule has 1 saturated heterocycles. The fourth-order valence-corrected chi connectivity index (χ4v) is 3.90. The summed E-state index contributed by atoms with van der Waals surface area (Å²) < 4.78 is 26.7. The molecule has 1 amide bonds. The lowest BCUT2D eigenvalue weighted by Crippen LogP contribution is -2.46. The second-order valence-corrected chi connectivity index (χ2v) is 7.21. The number of carbonyl (C=O) groups excluding carboxylic acids is 1. The van der Waals surface area contributed by atoms with E-state index in [1.807, 2.05) is 30.3 Å². The Labute approximate surface area is 162 Å². The lowest BCUT2D eigenvalue weighted by Gasteiger charge is -2.26. The highest BCUT2D eigenvalue weighted by molar-refractivity contribution is 8.00. The summed E-state index contributed by atoms with van der Waals surface area (Å²) in [6.07, 6.45) is 1.97. The standard InChI is InChI=1S/C19H20F2N2OS.ClH/c20-16-9-8-15(11-17(16)21)25-18(13-5-2-1-3-6-13)19(24)23-14-7-4-10-22-12-14;/h1-3,5-6,8-9,11,14,18,22H,4,7,10,12H2,(H,23,24);1H. The average Bonchev–Trinajstić information content (AvgIpc) is 2.64. The highest BCUT2D eigenvalue weighted by Gasteiger charge is 2.25. The van der Waals surface area contributed by atoms with Crippen LogP contribution in [0.5, 0.6) is 0 Å². The van der Waals surface area contributed by atoms with Crippen LogP contribution in [0.3, 0.4) is 0 Å². The van der Waals surface area contributed by atoms with Crippen molar-refractivity contribution in [1.82, 2.24) is 10.6 Å². The maximum Gasteiger partial charge on any atom is 0.238 e. The Morgan fingerprint density at radius 3 is 2.58 bits per heavy atom. The predicted molar refractivity (Wildman–Crippen MR) is 103 cm³/mol. The number of hydrogen-bond acceptors (Lipinski definition) is 3. The van der Waals surface area contributed by atoms with Crippen molar-refractivity contribution >= 4 is 30.1 Å². The van der Waals surface area contributed by atoms with Crippen molar-refractivity contribution < 1.29 is 13.6 Å². The number of carbonyl (C=O) groups is 1. The molecule has 1 aliphatic rings. The van der Waals surface area contributed by atoms with E-state index in [-0.39, 0.29) is 24.4 Å². The van der Waals surface area contributed by atoms with Crippen LogP contribution in [0.4, 0.5) is 8.78 Å². The smallest absolute Gasteiger partial charge is 0.238 e. The minimum absolute atomic E-state index is 0. The molecule has 26 heavy (non-hydrogen) atoms. The van der Waals surface area contributed by atoms with Crippen LogP contribution in [-0.2, 0) is 4.79 Å². The number of hydrogen-bond donors (Lipinski definition) is 2. The van der Waals surface area contributed by atoms with Gasteiger partial charge >= 0.3 is 0 Å². The van der Waals surface area contributed by atoms with E-state index in [0.29, 0.717) is 4.90 Å². The van der Waals surface area contributed by atoms with E-state index in [0.717, 1.165) is 43.6 Å². The van der Waals surface area contributed by atoms with Gasteiger partial charge in [0.05, 0.1) is 0 Å². The highest BCUT2D eigenvalue weighted by atomic mass is 35.5. The molecule has 2 N–H and O–H groups in total. The Morgan fingerprint density at radius 1 is 1.15 bits per heavy atom. The lowest BCUT2D eigenvalue weighted by molar-refractivity contribution is -0.121. The minimum Gasteiger partial charge on any atom is -0.351 e. The molecule has 0 radical (unpaired) electrons. The Bertz CT molecular complexity index is 727. The van der Waals surface area contributed by atoms with Gasteiger partial charge in [0.25, 0.3) is 0 Å². The van der Waals surface area contributed by atoms with Crippen molar-refractivity contribution in [2.45, 2.75) is 29.0 Å². The monoisotopic (exact) mass is 398 g/mol. The van der Waals surface area contributed by atoms with E-state index in [9.17, 15) is 13.6 Å². The van der Waals surface area contributed by atoms with Crippen molar-refractivity contribution in [2.24, 2.45) is 0 Å². The number of halogens is 3. The predicted octanol–water partition coefficient (Wildman–Crippen LogP) is 4.09. The molecule has 0 aliphatic carbocycles. The third-order valence-electron chi connectivity index (χ3n) is 4.13. The van der Waals surface area contributed by atoms with E-state index in [4.69, 9.17) is 0 Å². The SMILES string of the molecule is Cl.O=C(NC1CCCNC1)C(Sc1ccc(F)c(F)c1)c1ccccc1. The van der Waals surface area contributed by atoms with E-state index >= 15 is 0 Å². The number of rotatable bonds is 5. The summed E-state index contributed by atoms with van der Waals surface area (Å²) in [6.45, 7) is 1.72. The Kier molecular flexibility index (Phi) is 7.87. The minimum atomic E-state index is -0.909. The van der Waals surface area contributed by atoms with Crippen molar-refractivity contribution in [3.05, 3.63) is 65.7 Å². The van der Waals surface area contributed by atoms with E-state index in [1.54, 1.807) is 0 Å². The van der Waals surface area contributed by atoms with Crippen LogP contribution < -0.4 is 10.6 Å². The molecule has 1 aliphatic heterocycles. The third-order valence-corrected chi connectivity index (χ3v) is 5.38. The van der Waals surface area contributed by atoms with Crippen molar-refractivity contribution in [1.29, 1.82) is 0 Å². The molecule has 140 valence electrons. The largest absolute Gasteiger partial charge is 0.351 e. The van der Waals surface area contributed by atoms with Crippen molar-refractivity contribution in [3.63, 3.8) is 0 Å². The van der Waals surface area contributed by atoms with Crippen LogP contribution >= 0.6 is 24.2 Å². The summed E-state index contributed by atoms with van der Waals surface area (Å²) in [5.41, 5.74) is 0.832. The fourth-order valence-electron chi connectivity index (χ4n) is 2.84. The normalized spacial score (nSPS) is 17.8. The Balaban J connectivity index is 0.00000243. The van der Waals surface area contributed by atoms with Gasteiger partial charge in [-0.25, -0.2) is 8.78 Å². The number of nitrogens with one attached hydrogen (secondary N) is 2. The molecular weight excluding hydrogens is 378 g/mol. The summed E-state index contributed by atoms with van der Waals surface area (Å²) in [5.74, 6) is -1.92. The van der Waals surface area contributed by atoms with Gasteiger partial charge in [-0.3, -0.25) is 4.79 Å². The summed E-state index contributed by atoms with van der Waals surface area (Å²) >= 11 is 1.22. The molecule has 1 heterocycles. The van der Waals surface area contributed by atoms with Crippen LogP contribution in [-0.4, -0.2) is 25.0 Å². The van der Waals surface area contributed by atoms with Gasteiger partial charge in [-0.2, -0.15) is 0 Å². The van der Waals surface area contributed by atoms with Gasteiger partial charge in [0.1, 0.15) is 5.25 Å². The van der Waals surface area contributed by atoms with Crippen molar-refractivity contribution in [2.75, 3.05) is 13.1 Å². The number of thioether (sulfide) groups is 1. The quantitative estimate of drug-likeness (QED) is 0.745. The van der Waals surface area contributed by atoms with E-state index in [2.05, 4.69) is 10.6 Å². The molecule has 2 unspecified atom stereocenters. The summed E-state index contributed by atoms with van der Waals surface area (Å²) in [4.78, 5) is 13.4. The van der Waals surface area contributed by atoms with Gasteiger partial charge in [0.15, 0.2) is 11.6 Å². The maximum atomic E-state index is 13.5. The first kappa shape index (κ1) is 20.7. The summed E-state index contributed by atoms with van der Waals surface area (Å²) in [6, 6.07) is 13.2. The van der Waals surface area contributed by atoms with Crippen LogP contribution in [0.25, 0.3) is 0 Å². The third kappa shape index (κ3) is 5.43. The Hall–Kier alpha value is -1.63. The number of piperidine rings is 1. The van der Waals surface area contributed by atoms with E-state index < -0.39 is 16.9 Å². The zero-order valence-corrected chi connectivity index (χ0v) is 15.7. The van der Waals surface area contributed by atoms with Crippen LogP contribution in [0.2, 0.25) is 0 Å². The molecule has 7 heteroatoms. The molecule has 0 spiro atoms. The number of benzene rings is 2. The second-order valence-electron chi connectivity index (χ2n) is 6.04. The van der Waals surface area contributed by atoms with Gasteiger partial charge < -0.3 is 10.6 Å². The second kappa shape index (κ2) is 9.90. The van der Waals surface area contributed by atoms with Crippen LogP contribution in [0, 0.1) is 11.6 Å². The van der Waals surface area contributed by atoms with Crippen LogP contribution in [0.1, 0.15) is 23.7 Å². The van der Waals surface area contributed by atoms with Gasteiger partial charge in [0.2, 0.25) is 5.91 Å². The molecule has 1 fully saturated rings. The summed E-state index contributed by atoms with van der Waals surface area (Å²) in [7, 11) is 0. The highest BCUT2D eigenvalue weighted by Crippen LogP contribution is 2.36. The van der Waals surface area contributed by atoms with Gasteiger partial charge in [-0.15, -0.1) is 24.2 Å².